The second-order valence-electron chi connectivity index (χ2n) is 8.77. The van der Waals surface area contributed by atoms with Gasteiger partial charge in [-0.25, -0.2) is 4.68 Å². The van der Waals surface area contributed by atoms with Crippen molar-refractivity contribution in [3.05, 3.63) is 94.6 Å². The Morgan fingerprint density at radius 2 is 1.58 bits per heavy atom. The van der Waals surface area contributed by atoms with E-state index in [-0.39, 0.29) is 12.1 Å². The van der Waals surface area contributed by atoms with Gasteiger partial charge in [-0.1, -0.05) is 47.7 Å². The van der Waals surface area contributed by atoms with Crippen molar-refractivity contribution in [3.8, 4) is 17.2 Å². The molecular formula is C28H26N4O3S. The lowest BCUT2D eigenvalue weighted by Crippen LogP contribution is -2.32. The maximum Gasteiger partial charge on any atom is 0.227 e. The zero-order valence-electron chi connectivity index (χ0n) is 20.5. The maximum absolute atomic E-state index is 6.73. The van der Waals surface area contributed by atoms with Crippen molar-refractivity contribution >= 4 is 23.4 Å². The second kappa shape index (κ2) is 8.95. The molecule has 0 radical (unpaired) electrons. The first-order chi connectivity index (χ1) is 17.6. The zero-order valence-corrected chi connectivity index (χ0v) is 21.3. The summed E-state index contributed by atoms with van der Waals surface area (Å²) in [5.41, 5.74) is 6.37. The van der Waals surface area contributed by atoms with E-state index in [1.165, 1.54) is 11.8 Å². The van der Waals surface area contributed by atoms with Gasteiger partial charge in [-0.3, -0.25) is 0 Å². The van der Waals surface area contributed by atoms with E-state index in [1.54, 1.807) is 14.2 Å². The van der Waals surface area contributed by atoms with Crippen LogP contribution in [-0.2, 0) is 0 Å². The normalized spacial score (nSPS) is 17.9. The highest BCUT2D eigenvalue weighted by atomic mass is 32.2. The first-order valence-electron chi connectivity index (χ1n) is 11.7. The molecular weight excluding hydrogens is 472 g/mol. The van der Waals surface area contributed by atoms with Crippen LogP contribution in [0.25, 0.3) is 5.70 Å². The third-order valence-corrected chi connectivity index (χ3v) is 7.18. The van der Waals surface area contributed by atoms with E-state index in [1.807, 2.05) is 41.3 Å². The lowest BCUT2D eigenvalue weighted by Gasteiger charge is -2.39. The van der Waals surface area contributed by atoms with E-state index in [2.05, 4.69) is 48.6 Å². The number of nitrogens with zero attached hydrogens (tertiary/aromatic N) is 3. The van der Waals surface area contributed by atoms with Crippen LogP contribution in [0.1, 0.15) is 34.4 Å². The second-order valence-corrected chi connectivity index (χ2v) is 9.54. The van der Waals surface area contributed by atoms with Gasteiger partial charge < -0.3 is 19.5 Å². The number of methoxy groups -OCH3 is 2. The Balaban J connectivity index is 1.60. The highest BCUT2D eigenvalue weighted by molar-refractivity contribution is 7.98. The van der Waals surface area contributed by atoms with E-state index < -0.39 is 0 Å². The number of fused-ring (bicyclic) bond motifs is 3. The largest absolute Gasteiger partial charge is 0.497 e. The smallest absolute Gasteiger partial charge is 0.227 e. The maximum atomic E-state index is 6.73. The third kappa shape index (κ3) is 3.69. The molecule has 0 bridgehead atoms. The lowest BCUT2D eigenvalue weighted by atomic mass is 9.84. The van der Waals surface area contributed by atoms with Gasteiger partial charge in [-0.15, -0.1) is 5.10 Å². The molecule has 4 aromatic rings. The molecule has 0 saturated heterocycles. The summed E-state index contributed by atoms with van der Waals surface area (Å²) in [5, 5.41) is 9.17. The number of aryl methyl sites for hydroxylation is 1. The van der Waals surface area contributed by atoms with Gasteiger partial charge in [0.2, 0.25) is 11.1 Å². The van der Waals surface area contributed by atoms with Crippen LogP contribution < -0.4 is 19.5 Å². The van der Waals surface area contributed by atoms with Crippen LogP contribution in [-0.4, -0.2) is 35.2 Å². The predicted molar refractivity (Wildman–Crippen MR) is 141 cm³/mol. The number of rotatable bonds is 5. The van der Waals surface area contributed by atoms with Gasteiger partial charge in [0.15, 0.2) is 0 Å². The molecule has 8 heteroatoms. The fourth-order valence-electron chi connectivity index (χ4n) is 4.87. The Bertz CT molecular complexity index is 1460. The molecule has 3 aromatic carbocycles. The minimum absolute atomic E-state index is 0.226. The third-order valence-electron chi connectivity index (χ3n) is 6.64. The number of nitrogens with one attached hydrogen (secondary N) is 1. The van der Waals surface area contributed by atoms with Crippen LogP contribution in [0.4, 0.5) is 5.95 Å². The predicted octanol–water partition coefficient (Wildman–Crippen LogP) is 5.89. The van der Waals surface area contributed by atoms with Gasteiger partial charge in [-0.2, -0.15) is 4.98 Å². The van der Waals surface area contributed by atoms with Gasteiger partial charge in [0.05, 0.1) is 19.9 Å². The summed E-state index contributed by atoms with van der Waals surface area (Å²) in [7, 11) is 3.35. The molecule has 6 rings (SSSR count). The van der Waals surface area contributed by atoms with Crippen LogP contribution in [0, 0.1) is 6.92 Å². The van der Waals surface area contributed by atoms with Crippen molar-refractivity contribution in [3.63, 3.8) is 0 Å². The van der Waals surface area contributed by atoms with E-state index in [0.29, 0.717) is 11.1 Å². The minimum atomic E-state index is -0.337. The van der Waals surface area contributed by atoms with E-state index in [4.69, 9.17) is 24.3 Å². The number of hydrogen-bond donors (Lipinski definition) is 1. The molecule has 36 heavy (non-hydrogen) atoms. The Morgan fingerprint density at radius 1 is 0.917 bits per heavy atom. The fourth-order valence-corrected chi connectivity index (χ4v) is 5.22. The Morgan fingerprint density at radius 3 is 2.22 bits per heavy atom. The molecule has 2 aliphatic rings. The summed E-state index contributed by atoms with van der Waals surface area (Å²) >= 11 is 1.52. The zero-order chi connectivity index (χ0) is 24.8. The molecule has 2 atom stereocenters. The molecule has 0 fully saturated rings. The fraction of sp³-hybridized carbons (Fsp3) is 0.214. The van der Waals surface area contributed by atoms with Gasteiger partial charge in [-0.05, 0) is 60.7 Å². The lowest BCUT2D eigenvalue weighted by molar-refractivity contribution is 0.222. The van der Waals surface area contributed by atoms with Crippen LogP contribution in [0.3, 0.4) is 0 Å². The van der Waals surface area contributed by atoms with Gasteiger partial charge in [0.25, 0.3) is 0 Å². The van der Waals surface area contributed by atoms with Crippen molar-refractivity contribution in [1.29, 1.82) is 0 Å². The SMILES string of the molecule is COc1ccc([C@H]2C3=C(Nc4nc(SC)nn42)c2cc(C)ccc2O[C@@H]3c2ccc(OC)cc2)cc1. The summed E-state index contributed by atoms with van der Waals surface area (Å²) in [6, 6.07) is 22.2. The number of thioether (sulfide) groups is 1. The van der Waals surface area contributed by atoms with Gasteiger partial charge in [0.1, 0.15) is 29.4 Å². The summed E-state index contributed by atoms with van der Waals surface area (Å²) in [5.74, 6) is 3.15. The van der Waals surface area contributed by atoms with E-state index >= 15 is 0 Å². The Hall–Kier alpha value is -3.91. The Kier molecular flexibility index (Phi) is 5.60. The molecule has 3 heterocycles. The first kappa shape index (κ1) is 22.5. The average molecular weight is 499 g/mol. The highest BCUT2D eigenvalue weighted by Crippen LogP contribution is 2.51. The van der Waals surface area contributed by atoms with Crippen molar-refractivity contribution in [2.75, 3.05) is 25.8 Å². The number of ether oxygens (including phenoxy) is 3. The van der Waals surface area contributed by atoms with Crippen molar-refractivity contribution in [1.82, 2.24) is 14.8 Å². The molecule has 0 aliphatic carbocycles. The van der Waals surface area contributed by atoms with E-state index in [0.717, 1.165) is 50.8 Å². The van der Waals surface area contributed by atoms with Crippen molar-refractivity contribution in [2.24, 2.45) is 0 Å². The first-order valence-corrected chi connectivity index (χ1v) is 12.9. The van der Waals surface area contributed by atoms with Crippen LogP contribution in [0.15, 0.2) is 77.5 Å². The van der Waals surface area contributed by atoms with Crippen LogP contribution in [0.2, 0.25) is 0 Å². The number of hydrogen-bond acceptors (Lipinski definition) is 7. The molecule has 182 valence electrons. The molecule has 7 nitrogen and oxygen atoms in total. The van der Waals surface area contributed by atoms with Gasteiger partial charge in [0, 0.05) is 11.1 Å². The van der Waals surface area contributed by atoms with E-state index in [9.17, 15) is 0 Å². The topological polar surface area (TPSA) is 70.4 Å². The highest BCUT2D eigenvalue weighted by Gasteiger charge is 2.41. The summed E-state index contributed by atoms with van der Waals surface area (Å²) in [6.45, 7) is 2.09. The molecule has 1 N–H and O–H groups in total. The number of aromatic nitrogens is 3. The average Bonchev–Trinajstić information content (AvgIpc) is 3.35. The number of benzene rings is 3. The summed E-state index contributed by atoms with van der Waals surface area (Å²) < 4.78 is 19.5. The molecule has 0 amide bonds. The molecule has 2 aliphatic heterocycles. The van der Waals surface area contributed by atoms with Crippen LogP contribution in [0.5, 0.6) is 17.2 Å². The minimum Gasteiger partial charge on any atom is -0.497 e. The number of anilines is 1. The van der Waals surface area contributed by atoms with Gasteiger partial charge >= 0.3 is 0 Å². The molecule has 0 spiro atoms. The summed E-state index contributed by atoms with van der Waals surface area (Å²) in [4.78, 5) is 4.77. The summed E-state index contributed by atoms with van der Waals surface area (Å²) in [6.07, 6.45) is 1.65. The quantitative estimate of drug-likeness (QED) is 0.344. The monoisotopic (exact) mass is 498 g/mol. The standard InChI is InChI=1S/C28H26N4O3S/c1-16-5-14-22-21(15-16)24-23(26(35-22)18-8-12-20(34-3)13-9-18)25(17-6-10-19(33-2)11-7-17)32-27(29-24)30-28(31-32)36-4/h5-15,25-26H,1-4H3,(H,29,30,31)/t25-,26+/m0/s1. The van der Waals surface area contributed by atoms with Crippen LogP contribution >= 0.6 is 11.8 Å². The van der Waals surface area contributed by atoms with Crippen molar-refractivity contribution in [2.45, 2.75) is 24.2 Å². The van der Waals surface area contributed by atoms with Crippen molar-refractivity contribution < 1.29 is 14.2 Å². The molecule has 0 saturated carbocycles. The molecule has 1 aromatic heterocycles. The molecule has 0 unspecified atom stereocenters. The Labute approximate surface area is 214 Å².